The third kappa shape index (κ3) is 1.43. The molecule has 2 nitrogen and oxygen atoms in total. The highest BCUT2D eigenvalue weighted by Crippen LogP contribution is 2.28. The molecule has 0 unspecified atom stereocenters. The molecule has 0 aliphatic carbocycles. The van der Waals surface area contributed by atoms with Crippen molar-refractivity contribution in [1.82, 2.24) is 0 Å². The summed E-state index contributed by atoms with van der Waals surface area (Å²) in [5, 5.41) is 7.14. The fourth-order valence-electron chi connectivity index (χ4n) is 3.59. The highest BCUT2D eigenvalue weighted by molar-refractivity contribution is 7.00. The molecular weight excluding hydrogens is 255 g/mol. The molecule has 0 atom stereocenters. The summed E-state index contributed by atoms with van der Waals surface area (Å²) in [5.41, 5.74) is 8.90. The number of hydrogen-bond donors (Lipinski definition) is 2. The highest BCUT2D eigenvalue weighted by Gasteiger charge is 2.36. The lowest BCUT2D eigenvalue weighted by atomic mass is 9.34. The first kappa shape index (κ1) is 11.0. The average molecular weight is 268 g/mol. The van der Waals surface area contributed by atoms with Crippen molar-refractivity contribution in [3.8, 4) is 0 Å². The quantitative estimate of drug-likeness (QED) is 0.421. The summed E-state index contributed by atoms with van der Waals surface area (Å²) in [5.74, 6) is 0. The maximum Gasteiger partial charge on any atom is 0.252 e. The molecule has 98 valence electrons. The molecule has 3 aromatic rings. The summed E-state index contributed by atoms with van der Waals surface area (Å²) in [6, 6.07) is 23.6. The number of para-hydroxylation sites is 2. The van der Waals surface area contributed by atoms with Gasteiger partial charge in [0.25, 0.3) is 6.71 Å². The fraction of sp³-hybridized carbons (Fsp3) is 0. The number of hydrogen-bond acceptors (Lipinski definition) is 2. The van der Waals surface area contributed by atoms with E-state index in [1.165, 1.54) is 39.1 Å². The Morgan fingerprint density at radius 2 is 1.00 bits per heavy atom. The number of nitrogens with one attached hydrogen (secondary N) is 2. The molecule has 0 spiro atoms. The third-order valence-corrected chi connectivity index (χ3v) is 4.48. The van der Waals surface area contributed by atoms with Crippen LogP contribution in [0.5, 0.6) is 0 Å². The van der Waals surface area contributed by atoms with Crippen LogP contribution in [0.2, 0.25) is 0 Å². The number of anilines is 4. The van der Waals surface area contributed by atoms with Crippen molar-refractivity contribution in [2.75, 3.05) is 10.6 Å². The van der Waals surface area contributed by atoms with Gasteiger partial charge < -0.3 is 10.6 Å². The Balaban J connectivity index is 1.88. The van der Waals surface area contributed by atoms with Crippen LogP contribution >= 0.6 is 0 Å². The van der Waals surface area contributed by atoms with Gasteiger partial charge in [0.05, 0.1) is 0 Å². The maximum absolute atomic E-state index is 3.57. The molecule has 3 aromatic carbocycles. The smallest absolute Gasteiger partial charge is 0.252 e. The van der Waals surface area contributed by atoms with Crippen molar-refractivity contribution in [2.24, 2.45) is 0 Å². The van der Waals surface area contributed by atoms with E-state index in [4.69, 9.17) is 0 Å². The van der Waals surface area contributed by atoms with E-state index >= 15 is 0 Å². The van der Waals surface area contributed by atoms with E-state index in [-0.39, 0.29) is 0 Å². The van der Waals surface area contributed by atoms with Gasteiger partial charge in [0.2, 0.25) is 0 Å². The zero-order chi connectivity index (χ0) is 13.8. The highest BCUT2D eigenvalue weighted by atomic mass is 14.9. The van der Waals surface area contributed by atoms with Crippen molar-refractivity contribution in [2.45, 2.75) is 0 Å². The molecule has 0 saturated heterocycles. The predicted molar refractivity (Wildman–Crippen MR) is 90.5 cm³/mol. The van der Waals surface area contributed by atoms with Crippen LogP contribution in [-0.2, 0) is 0 Å². The van der Waals surface area contributed by atoms with Crippen molar-refractivity contribution < 1.29 is 0 Å². The number of rotatable bonds is 0. The standard InChI is InChI=1S/C18H13BN2/c1-3-8-14-12(6-1)19-13-7-2-4-9-15(13)21-17-11-5-10-16(20-14)18(17)19/h1-11,20-21H. The van der Waals surface area contributed by atoms with Gasteiger partial charge in [-0.2, -0.15) is 0 Å². The Bertz CT molecular complexity index is 805. The summed E-state index contributed by atoms with van der Waals surface area (Å²) >= 11 is 0. The predicted octanol–water partition coefficient (Wildman–Crippen LogP) is 2.32. The van der Waals surface area contributed by atoms with Crippen LogP contribution < -0.4 is 27.0 Å². The zero-order valence-corrected chi connectivity index (χ0v) is 11.4. The molecule has 0 aromatic heterocycles. The third-order valence-electron chi connectivity index (χ3n) is 4.48. The van der Waals surface area contributed by atoms with Gasteiger partial charge in [-0.25, -0.2) is 0 Å². The molecular formula is C18H13BN2. The lowest BCUT2D eigenvalue weighted by Crippen LogP contribution is -2.58. The van der Waals surface area contributed by atoms with Gasteiger partial charge >= 0.3 is 0 Å². The summed E-state index contributed by atoms with van der Waals surface area (Å²) in [6.45, 7) is 0.311. The maximum atomic E-state index is 3.57. The Labute approximate surface area is 123 Å². The van der Waals surface area contributed by atoms with Gasteiger partial charge in [0.1, 0.15) is 0 Å². The van der Waals surface area contributed by atoms with Crippen LogP contribution in [0.3, 0.4) is 0 Å². The zero-order valence-electron chi connectivity index (χ0n) is 11.4. The van der Waals surface area contributed by atoms with Crippen LogP contribution in [0.25, 0.3) is 0 Å². The van der Waals surface area contributed by atoms with Crippen LogP contribution in [0.4, 0.5) is 22.7 Å². The van der Waals surface area contributed by atoms with E-state index in [0.29, 0.717) is 6.71 Å². The summed E-state index contributed by atoms with van der Waals surface area (Å²) < 4.78 is 0. The molecule has 5 rings (SSSR count). The summed E-state index contributed by atoms with van der Waals surface area (Å²) in [6.07, 6.45) is 0. The topological polar surface area (TPSA) is 24.1 Å². The lowest BCUT2D eigenvalue weighted by Gasteiger charge is -2.34. The molecule has 21 heavy (non-hydrogen) atoms. The summed E-state index contributed by atoms with van der Waals surface area (Å²) in [7, 11) is 0. The minimum absolute atomic E-state index is 0.311. The van der Waals surface area contributed by atoms with Crippen LogP contribution in [-0.4, -0.2) is 6.71 Å². The van der Waals surface area contributed by atoms with E-state index in [9.17, 15) is 0 Å². The second kappa shape index (κ2) is 3.92. The van der Waals surface area contributed by atoms with Gasteiger partial charge in [-0.05, 0) is 40.7 Å². The van der Waals surface area contributed by atoms with Crippen LogP contribution in [0, 0.1) is 0 Å². The second-order valence-electron chi connectivity index (χ2n) is 5.62. The van der Waals surface area contributed by atoms with Gasteiger partial charge in [0, 0.05) is 22.7 Å². The number of fused-ring (bicyclic) bond motifs is 4. The molecule has 2 heterocycles. The largest absolute Gasteiger partial charge is 0.356 e. The Hall–Kier alpha value is -2.68. The normalized spacial score (nSPS) is 13.4. The van der Waals surface area contributed by atoms with E-state index in [0.717, 1.165) is 0 Å². The van der Waals surface area contributed by atoms with Crippen molar-refractivity contribution >= 4 is 45.9 Å². The molecule has 0 saturated carbocycles. The average Bonchev–Trinajstić information content (AvgIpc) is 2.54. The molecule has 2 aliphatic rings. The lowest BCUT2D eigenvalue weighted by molar-refractivity contribution is 1.51. The van der Waals surface area contributed by atoms with Crippen LogP contribution in [0.15, 0.2) is 66.7 Å². The van der Waals surface area contributed by atoms with Gasteiger partial charge in [-0.3, -0.25) is 0 Å². The first-order valence-electron chi connectivity index (χ1n) is 7.26. The Kier molecular flexibility index (Phi) is 2.06. The monoisotopic (exact) mass is 268 g/mol. The molecule has 3 heteroatoms. The second-order valence-corrected chi connectivity index (χ2v) is 5.62. The van der Waals surface area contributed by atoms with Gasteiger partial charge in [-0.1, -0.05) is 42.5 Å². The first-order valence-corrected chi connectivity index (χ1v) is 7.26. The first-order chi connectivity index (χ1) is 10.4. The van der Waals surface area contributed by atoms with Gasteiger partial charge in [-0.15, -0.1) is 0 Å². The molecule has 0 radical (unpaired) electrons. The van der Waals surface area contributed by atoms with E-state index < -0.39 is 0 Å². The van der Waals surface area contributed by atoms with Crippen molar-refractivity contribution in [3.63, 3.8) is 0 Å². The van der Waals surface area contributed by atoms with Crippen molar-refractivity contribution in [3.05, 3.63) is 66.7 Å². The molecule has 0 amide bonds. The summed E-state index contributed by atoms with van der Waals surface area (Å²) in [4.78, 5) is 0. The molecule has 0 fully saturated rings. The van der Waals surface area contributed by atoms with E-state index in [1.54, 1.807) is 0 Å². The minimum Gasteiger partial charge on any atom is -0.356 e. The van der Waals surface area contributed by atoms with Crippen molar-refractivity contribution in [1.29, 1.82) is 0 Å². The Morgan fingerprint density at radius 1 is 0.524 bits per heavy atom. The molecule has 2 N–H and O–H groups in total. The van der Waals surface area contributed by atoms with E-state index in [1.807, 2.05) is 0 Å². The van der Waals surface area contributed by atoms with E-state index in [2.05, 4.69) is 77.4 Å². The minimum atomic E-state index is 0.311. The fourth-order valence-corrected chi connectivity index (χ4v) is 3.59. The van der Waals surface area contributed by atoms with Crippen LogP contribution in [0.1, 0.15) is 0 Å². The number of benzene rings is 3. The molecule has 0 bridgehead atoms. The van der Waals surface area contributed by atoms with Gasteiger partial charge in [0.15, 0.2) is 0 Å². The Morgan fingerprint density at radius 3 is 1.57 bits per heavy atom. The SMILES string of the molecule is c1ccc2c(c1)Nc1cccc3c1B2c1ccccc1N3. The molecule has 2 aliphatic heterocycles.